The second kappa shape index (κ2) is 10.1. The second-order valence-electron chi connectivity index (χ2n) is 11.1. The van der Waals surface area contributed by atoms with Gasteiger partial charge in [-0.1, -0.05) is 5.16 Å². The number of carbonyl (C=O) groups is 1. The molecular weight excluding hydrogens is 447 g/mol. The number of fused-ring (bicyclic) bond motifs is 3. The van der Waals surface area contributed by atoms with E-state index in [1.165, 1.54) is 37.8 Å². The average Bonchev–Trinajstić information content (AvgIpc) is 3.60. The van der Waals surface area contributed by atoms with E-state index in [0.717, 1.165) is 75.5 Å². The molecule has 6 rings (SSSR count). The van der Waals surface area contributed by atoms with E-state index < -0.39 is 0 Å². The van der Waals surface area contributed by atoms with Gasteiger partial charge < -0.3 is 19.5 Å². The zero-order chi connectivity index (χ0) is 23.8. The summed E-state index contributed by atoms with van der Waals surface area (Å²) in [5, 5.41) is 8.27. The van der Waals surface area contributed by atoms with Gasteiger partial charge in [0.1, 0.15) is 5.82 Å². The zero-order valence-corrected chi connectivity index (χ0v) is 20.5. The number of anilines is 1. The highest BCUT2D eigenvalue weighted by Gasteiger charge is 2.41. The van der Waals surface area contributed by atoms with E-state index in [1.807, 2.05) is 0 Å². The smallest absolute Gasteiger partial charge is 0.220 e. The topological polar surface area (TPSA) is 70.8 Å². The summed E-state index contributed by atoms with van der Waals surface area (Å²) in [6.07, 6.45) is 10.6. The molecule has 1 saturated carbocycles. The van der Waals surface area contributed by atoms with Crippen molar-refractivity contribution in [3.05, 3.63) is 24.0 Å². The standard InChI is InChI=1S/C27H37FN4O3/c28-20-3-7-25-23(17-20)27(30-35-25)32-13-11-31(12-14-32)10-9-18-1-4-21(5-2-18)29-26(33)16-19-15-22-6-8-24(19)34-22/h3,7,17-19,21-22,24H,1-2,4-6,8-16H2,(H,29,33)/t18?,19-,21?,22+,24+/m0/s1. The molecule has 1 amide bonds. The Hall–Kier alpha value is -2.19. The number of amides is 1. The van der Waals surface area contributed by atoms with Crippen molar-refractivity contribution in [2.75, 3.05) is 37.6 Å². The highest BCUT2D eigenvalue weighted by atomic mass is 19.1. The molecule has 1 N–H and O–H groups in total. The molecule has 7 nitrogen and oxygen atoms in total. The molecular formula is C27H37FN4O3. The Kier molecular flexibility index (Phi) is 6.67. The third-order valence-corrected chi connectivity index (χ3v) is 8.83. The summed E-state index contributed by atoms with van der Waals surface area (Å²) in [7, 11) is 0. The first-order valence-electron chi connectivity index (χ1n) is 13.6. The van der Waals surface area contributed by atoms with E-state index in [0.29, 0.717) is 36.2 Å². The largest absolute Gasteiger partial charge is 0.375 e. The van der Waals surface area contributed by atoms with E-state index in [9.17, 15) is 9.18 Å². The fourth-order valence-corrected chi connectivity index (χ4v) is 6.75. The van der Waals surface area contributed by atoms with Gasteiger partial charge in [-0.05, 0) is 87.9 Å². The molecule has 4 fully saturated rings. The second-order valence-corrected chi connectivity index (χ2v) is 11.1. The Balaban J connectivity index is 0.893. The van der Waals surface area contributed by atoms with Crippen LogP contribution < -0.4 is 10.2 Å². The Labute approximate surface area is 206 Å². The monoisotopic (exact) mass is 484 g/mol. The fraction of sp³-hybridized carbons (Fsp3) is 0.704. The van der Waals surface area contributed by atoms with Gasteiger partial charge in [-0.2, -0.15) is 0 Å². The number of halogens is 1. The highest BCUT2D eigenvalue weighted by Crippen LogP contribution is 2.40. The van der Waals surface area contributed by atoms with Gasteiger partial charge in [0, 0.05) is 38.6 Å². The van der Waals surface area contributed by atoms with Gasteiger partial charge in [0.15, 0.2) is 11.4 Å². The molecule has 3 atom stereocenters. The molecule has 2 bridgehead atoms. The minimum absolute atomic E-state index is 0.232. The molecule has 3 aliphatic heterocycles. The fourth-order valence-electron chi connectivity index (χ4n) is 6.75. The quantitative estimate of drug-likeness (QED) is 0.638. The van der Waals surface area contributed by atoms with Crippen molar-refractivity contribution in [3.8, 4) is 0 Å². The maximum atomic E-state index is 13.7. The van der Waals surface area contributed by atoms with Crippen LogP contribution in [0.4, 0.5) is 10.2 Å². The number of hydrogen-bond donors (Lipinski definition) is 1. The van der Waals surface area contributed by atoms with Gasteiger partial charge >= 0.3 is 0 Å². The molecule has 8 heteroatoms. The highest BCUT2D eigenvalue weighted by molar-refractivity contribution is 5.88. The van der Waals surface area contributed by atoms with Crippen LogP contribution in [0.25, 0.3) is 11.0 Å². The SMILES string of the molecule is O=C(C[C@@H]1C[C@H]2CC[C@H]1O2)NC1CCC(CCN2CCN(c3noc4ccc(F)cc34)CC2)CC1. The van der Waals surface area contributed by atoms with Crippen LogP contribution in [0.15, 0.2) is 22.7 Å². The van der Waals surface area contributed by atoms with Crippen LogP contribution in [-0.4, -0.2) is 66.9 Å². The first kappa shape index (κ1) is 23.2. The van der Waals surface area contributed by atoms with E-state index in [-0.39, 0.29) is 11.7 Å². The van der Waals surface area contributed by atoms with Gasteiger partial charge in [-0.3, -0.25) is 9.69 Å². The zero-order valence-electron chi connectivity index (χ0n) is 20.5. The summed E-state index contributed by atoms with van der Waals surface area (Å²) < 4.78 is 25.0. The summed E-state index contributed by atoms with van der Waals surface area (Å²) >= 11 is 0. The van der Waals surface area contributed by atoms with Crippen molar-refractivity contribution < 1.29 is 18.4 Å². The summed E-state index contributed by atoms with van der Waals surface area (Å²) in [6, 6.07) is 4.92. The lowest BCUT2D eigenvalue weighted by molar-refractivity contribution is -0.123. The number of benzene rings is 1. The molecule has 3 saturated heterocycles. The molecule has 190 valence electrons. The molecule has 4 aliphatic rings. The maximum Gasteiger partial charge on any atom is 0.220 e. The molecule has 1 aliphatic carbocycles. The van der Waals surface area contributed by atoms with E-state index >= 15 is 0 Å². The van der Waals surface area contributed by atoms with Gasteiger partial charge in [0.25, 0.3) is 0 Å². The number of nitrogens with one attached hydrogen (secondary N) is 1. The van der Waals surface area contributed by atoms with E-state index in [2.05, 4.69) is 20.3 Å². The molecule has 35 heavy (non-hydrogen) atoms. The van der Waals surface area contributed by atoms with Crippen molar-refractivity contribution in [1.29, 1.82) is 0 Å². The van der Waals surface area contributed by atoms with Gasteiger partial charge in [0.2, 0.25) is 5.91 Å². The molecule has 1 aromatic carbocycles. The molecule has 0 spiro atoms. The lowest BCUT2D eigenvalue weighted by Crippen LogP contribution is -2.47. The van der Waals surface area contributed by atoms with Crippen LogP contribution in [0.5, 0.6) is 0 Å². The maximum absolute atomic E-state index is 13.7. The molecule has 0 radical (unpaired) electrons. The molecule has 2 aromatic rings. The van der Waals surface area contributed by atoms with Gasteiger partial charge in [-0.15, -0.1) is 0 Å². The van der Waals surface area contributed by atoms with Crippen molar-refractivity contribution in [2.45, 2.75) is 76.0 Å². The summed E-state index contributed by atoms with van der Waals surface area (Å²) in [4.78, 5) is 17.3. The Morgan fingerprint density at radius 2 is 1.91 bits per heavy atom. The van der Waals surface area contributed by atoms with Crippen LogP contribution in [0, 0.1) is 17.7 Å². The summed E-state index contributed by atoms with van der Waals surface area (Å²) in [6.45, 7) is 4.85. The van der Waals surface area contributed by atoms with Gasteiger partial charge in [-0.25, -0.2) is 4.39 Å². The van der Waals surface area contributed by atoms with Crippen LogP contribution in [0.3, 0.4) is 0 Å². The lowest BCUT2D eigenvalue weighted by Gasteiger charge is -2.36. The van der Waals surface area contributed by atoms with Gasteiger partial charge in [0.05, 0.1) is 17.6 Å². The van der Waals surface area contributed by atoms with Crippen LogP contribution in [0.1, 0.15) is 57.8 Å². The first-order valence-corrected chi connectivity index (χ1v) is 13.6. The number of piperazine rings is 1. The van der Waals surface area contributed by atoms with Crippen LogP contribution >= 0.6 is 0 Å². The molecule has 4 heterocycles. The molecule has 1 aromatic heterocycles. The third kappa shape index (κ3) is 5.19. The number of ether oxygens (including phenoxy) is 1. The van der Waals surface area contributed by atoms with Crippen molar-refractivity contribution in [3.63, 3.8) is 0 Å². The Morgan fingerprint density at radius 1 is 1.09 bits per heavy atom. The number of rotatable bonds is 7. The minimum atomic E-state index is -0.259. The third-order valence-electron chi connectivity index (χ3n) is 8.83. The van der Waals surface area contributed by atoms with Crippen molar-refractivity contribution in [2.24, 2.45) is 11.8 Å². The Morgan fingerprint density at radius 3 is 2.66 bits per heavy atom. The number of hydrogen-bond acceptors (Lipinski definition) is 6. The predicted molar refractivity (Wildman–Crippen MR) is 132 cm³/mol. The number of nitrogens with zero attached hydrogens (tertiary/aromatic N) is 3. The van der Waals surface area contributed by atoms with Crippen molar-refractivity contribution >= 4 is 22.7 Å². The predicted octanol–water partition coefficient (Wildman–Crippen LogP) is 4.11. The summed E-state index contributed by atoms with van der Waals surface area (Å²) in [5.41, 5.74) is 0.634. The van der Waals surface area contributed by atoms with E-state index in [4.69, 9.17) is 9.26 Å². The van der Waals surface area contributed by atoms with Crippen molar-refractivity contribution in [1.82, 2.24) is 15.4 Å². The van der Waals surface area contributed by atoms with Crippen LogP contribution in [0.2, 0.25) is 0 Å². The average molecular weight is 485 g/mol. The minimum Gasteiger partial charge on any atom is -0.375 e. The lowest BCUT2D eigenvalue weighted by atomic mass is 9.83. The summed E-state index contributed by atoms with van der Waals surface area (Å²) in [5.74, 6) is 1.92. The Bertz CT molecular complexity index is 1030. The van der Waals surface area contributed by atoms with Crippen LogP contribution in [-0.2, 0) is 9.53 Å². The first-order chi connectivity index (χ1) is 17.1. The number of carbonyl (C=O) groups excluding carboxylic acids is 1. The normalized spacial score (nSPS) is 31.3. The number of aromatic nitrogens is 1. The van der Waals surface area contributed by atoms with E-state index in [1.54, 1.807) is 6.07 Å². The molecule has 0 unspecified atom stereocenters.